The zero-order valence-corrected chi connectivity index (χ0v) is 10.4. The largest absolute Gasteiger partial charge is 0.298 e. The molecule has 0 radical (unpaired) electrons. The molecule has 1 aliphatic heterocycles. The molecule has 0 amide bonds. The molecule has 2 aliphatic rings. The van der Waals surface area contributed by atoms with Crippen molar-refractivity contribution in [2.45, 2.75) is 70.3 Å². The summed E-state index contributed by atoms with van der Waals surface area (Å²) in [6.45, 7) is 1.77. The van der Waals surface area contributed by atoms with Crippen molar-refractivity contribution in [3.63, 3.8) is 0 Å². The topological polar surface area (TPSA) is 20.3 Å². The lowest BCUT2D eigenvalue weighted by atomic mass is 9.96. The summed E-state index contributed by atoms with van der Waals surface area (Å²) in [6, 6.07) is 0.713. The minimum Gasteiger partial charge on any atom is -0.298 e. The lowest BCUT2D eigenvalue weighted by Gasteiger charge is -2.27. The van der Waals surface area contributed by atoms with Crippen molar-refractivity contribution in [2.24, 2.45) is 0 Å². The normalized spacial score (nSPS) is 27.1. The van der Waals surface area contributed by atoms with Crippen LogP contribution in [0.25, 0.3) is 0 Å². The van der Waals surface area contributed by atoms with Gasteiger partial charge in [0.05, 0.1) is 6.54 Å². The summed E-state index contributed by atoms with van der Waals surface area (Å²) < 4.78 is 0. The molecule has 16 heavy (non-hydrogen) atoms. The highest BCUT2D eigenvalue weighted by Gasteiger charge is 2.25. The zero-order valence-electron chi connectivity index (χ0n) is 10.4. The average molecular weight is 223 g/mol. The molecular formula is C14H25NO. The SMILES string of the molecule is O=C1CCN(C2CCCCCCCCC2)C1. The van der Waals surface area contributed by atoms with Gasteiger partial charge < -0.3 is 0 Å². The molecule has 0 aromatic carbocycles. The molecule has 1 aliphatic carbocycles. The van der Waals surface area contributed by atoms with E-state index in [4.69, 9.17) is 0 Å². The molecule has 0 atom stereocenters. The van der Waals surface area contributed by atoms with Crippen molar-refractivity contribution >= 4 is 5.78 Å². The molecule has 0 aromatic rings. The Morgan fingerprint density at radius 3 is 1.94 bits per heavy atom. The van der Waals surface area contributed by atoms with Crippen LogP contribution in [0.1, 0.15) is 64.2 Å². The Hall–Kier alpha value is -0.370. The van der Waals surface area contributed by atoms with Crippen LogP contribution in [-0.4, -0.2) is 29.8 Å². The zero-order chi connectivity index (χ0) is 11.2. The van der Waals surface area contributed by atoms with E-state index in [1.54, 1.807) is 0 Å². The molecular weight excluding hydrogens is 198 g/mol. The lowest BCUT2D eigenvalue weighted by molar-refractivity contribution is -0.117. The molecule has 1 saturated carbocycles. The van der Waals surface area contributed by atoms with Gasteiger partial charge in [-0.25, -0.2) is 0 Å². The molecule has 0 N–H and O–H groups in total. The van der Waals surface area contributed by atoms with E-state index in [0.29, 0.717) is 11.8 Å². The first-order valence-corrected chi connectivity index (χ1v) is 7.12. The monoisotopic (exact) mass is 223 g/mol. The van der Waals surface area contributed by atoms with Gasteiger partial charge in [0, 0.05) is 19.0 Å². The second kappa shape index (κ2) is 6.39. The Morgan fingerprint density at radius 2 is 1.44 bits per heavy atom. The second-order valence-electron chi connectivity index (χ2n) is 5.47. The maximum Gasteiger partial charge on any atom is 0.148 e. The van der Waals surface area contributed by atoms with Gasteiger partial charge in [-0.2, -0.15) is 0 Å². The van der Waals surface area contributed by atoms with E-state index in [0.717, 1.165) is 19.5 Å². The van der Waals surface area contributed by atoms with Crippen molar-refractivity contribution in [1.29, 1.82) is 0 Å². The molecule has 2 fully saturated rings. The van der Waals surface area contributed by atoms with E-state index >= 15 is 0 Å². The highest BCUT2D eigenvalue weighted by molar-refractivity contribution is 5.82. The number of carbonyl (C=O) groups is 1. The van der Waals surface area contributed by atoms with Crippen molar-refractivity contribution in [3.05, 3.63) is 0 Å². The van der Waals surface area contributed by atoms with Gasteiger partial charge in [0.25, 0.3) is 0 Å². The Labute approximate surface area is 99.4 Å². The molecule has 2 heteroatoms. The summed E-state index contributed by atoms with van der Waals surface area (Å²) in [4.78, 5) is 13.8. The van der Waals surface area contributed by atoms with E-state index in [1.165, 1.54) is 57.8 Å². The molecule has 2 rings (SSSR count). The summed E-state index contributed by atoms with van der Waals surface area (Å²) in [5.41, 5.74) is 0. The summed E-state index contributed by atoms with van der Waals surface area (Å²) in [7, 11) is 0. The van der Waals surface area contributed by atoms with E-state index in [9.17, 15) is 4.79 Å². The van der Waals surface area contributed by atoms with E-state index < -0.39 is 0 Å². The van der Waals surface area contributed by atoms with Gasteiger partial charge in [0.2, 0.25) is 0 Å². The van der Waals surface area contributed by atoms with Gasteiger partial charge in [-0.3, -0.25) is 9.69 Å². The predicted molar refractivity (Wildman–Crippen MR) is 66.5 cm³/mol. The smallest absolute Gasteiger partial charge is 0.148 e. The van der Waals surface area contributed by atoms with Crippen LogP contribution < -0.4 is 0 Å². The molecule has 0 unspecified atom stereocenters. The second-order valence-corrected chi connectivity index (χ2v) is 5.47. The first-order chi connectivity index (χ1) is 7.86. The molecule has 0 spiro atoms. The number of rotatable bonds is 1. The lowest BCUT2D eigenvalue weighted by Crippen LogP contribution is -2.33. The highest BCUT2D eigenvalue weighted by Crippen LogP contribution is 2.22. The Morgan fingerprint density at radius 1 is 0.875 bits per heavy atom. The first-order valence-electron chi connectivity index (χ1n) is 7.12. The van der Waals surface area contributed by atoms with Gasteiger partial charge in [-0.15, -0.1) is 0 Å². The van der Waals surface area contributed by atoms with Crippen LogP contribution >= 0.6 is 0 Å². The number of Topliss-reactive ketones (excluding diaryl/α,β-unsaturated/α-hetero) is 1. The average Bonchev–Trinajstić information content (AvgIpc) is 2.72. The van der Waals surface area contributed by atoms with Gasteiger partial charge in [-0.1, -0.05) is 44.9 Å². The number of likely N-dealkylation sites (tertiary alicyclic amines) is 1. The molecule has 92 valence electrons. The minimum atomic E-state index is 0.456. The molecule has 0 bridgehead atoms. The Kier molecular flexibility index (Phi) is 4.83. The van der Waals surface area contributed by atoms with Crippen LogP contribution in [0.3, 0.4) is 0 Å². The van der Waals surface area contributed by atoms with Crippen LogP contribution in [0.4, 0.5) is 0 Å². The molecule has 1 saturated heterocycles. The third-order valence-corrected chi connectivity index (χ3v) is 4.15. The number of carbonyl (C=O) groups excluding carboxylic acids is 1. The molecule has 2 nitrogen and oxygen atoms in total. The van der Waals surface area contributed by atoms with Crippen LogP contribution in [0.5, 0.6) is 0 Å². The fourth-order valence-corrected chi connectivity index (χ4v) is 3.12. The third-order valence-electron chi connectivity index (χ3n) is 4.15. The van der Waals surface area contributed by atoms with Crippen molar-refractivity contribution in [1.82, 2.24) is 4.90 Å². The van der Waals surface area contributed by atoms with Gasteiger partial charge in [0.15, 0.2) is 0 Å². The minimum absolute atomic E-state index is 0.456. The number of hydrogen-bond acceptors (Lipinski definition) is 2. The maximum atomic E-state index is 11.3. The summed E-state index contributed by atoms with van der Waals surface area (Å²) >= 11 is 0. The molecule has 1 heterocycles. The number of nitrogens with zero attached hydrogens (tertiary/aromatic N) is 1. The Bertz CT molecular complexity index is 217. The van der Waals surface area contributed by atoms with Crippen molar-refractivity contribution in [3.8, 4) is 0 Å². The third kappa shape index (κ3) is 3.58. The summed E-state index contributed by atoms with van der Waals surface area (Å²) in [6.07, 6.45) is 13.3. The quantitative estimate of drug-likeness (QED) is 0.680. The van der Waals surface area contributed by atoms with E-state index in [1.807, 2.05) is 0 Å². The van der Waals surface area contributed by atoms with Gasteiger partial charge >= 0.3 is 0 Å². The van der Waals surface area contributed by atoms with E-state index in [-0.39, 0.29) is 0 Å². The van der Waals surface area contributed by atoms with Gasteiger partial charge in [-0.05, 0) is 12.8 Å². The number of ketones is 1. The first kappa shape index (κ1) is 12.1. The van der Waals surface area contributed by atoms with Crippen LogP contribution in [-0.2, 0) is 4.79 Å². The van der Waals surface area contributed by atoms with Gasteiger partial charge in [0.1, 0.15) is 5.78 Å². The van der Waals surface area contributed by atoms with Crippen LogP contribution in [0.2, 0.25) is 0 Å². The predicted octanol–water partition coefficient (Wildman–Crippen LogP) is 3.15. The van der Waals surface area contributed by atoms with Crippen molar-refractivity contribution in [2.75, 3.05) is 13.1 Å². The Balaban J connectivity index is 1.82. The fourth-order valence-electron chi connectivity index (χ4n) is 3.12. The summed E-state index contributed by atoms with van der Waals surface area (Å²) in [5, 5.41) is 0. The number of hydrogen-bond donors (Lipinski definition) is 0. The highest BCUT2D eigenvalue weighted by atomic mass is 16.1. The fraction of sp³-hybridized carbons (Fsp3) is 0.929. The van der Waals surface area contributed by atoms with E-state index in [2.05, 4.69) is 4.90 Å². The van der Waals surface area contributed by atoms with Crippen LogP contribution in [0, 0.1) is 0 Å². The maximum absolute atomic E-state index is 11.3. The molecule has 0 aromatic heterocycles. The standard InChI is InChI=1S/C14H25NO/c16-14-10-11-15(12-14)13-8-6-4-2-1-3-5-7-9-13/h13H,1-12H2. The summed E-state index contributed by atoms with van der Waals surface area (Å²) in [5.74, 6) is 0.456. The van der Waals surface area contributed by atoms with Crippen molar-refractivity contribution < 1.29 is 4.79 Å². The van der Waals surface area contributed by atoms with Crippen LogP contribution in [0.15, 0.2) is 0 Å².